The summed E-state index contributed by atoms with van der Waals surface area (Å²) >= 11 is 0. The van der Waals surface area contributed by atoms with Gasteiger partial charge in [-0.2, -0.15) is 13.2 Å². The summed E-state index contributed by atoms with van der Waals surface area (Å²) in [6.45, 7) is 3.17. The molecule has 104 valence electrons. The van der Waals surface area contributed by atoms with E-state index in [1.807, 2.05) is 11.9 Å². The Labute approximate surface area is 109 Å². The highest BCUT2D eigenvalue weighted by atomic mass is 19.4. The van der Waals surface area contributed by atoms with Crippen molar-refractivity contribution in [3.8, 4) is 0 Å². The van der Waals surface area contributed by atoms with Crippen LogP contribution < -0.4 is 15.1 Å². The molecule has 0 aliphatic carbocycles. The zero-order valence-electron chi connectivity index (χ0n) is 10.5. The molecule has 0 unspecified atom stereocenters. The summed E-state index contributed by atoms with van der Waals surface area (Å²) in [4.78, 5) is 8.01. The Hall–Kier alpha value is -1.50. The van der Waals surface area contributed by atoms with Gasteiger partial charge < -0.3 is 15.1 Å². The fraction of sp³-hybridized carbons (Fsp3) is 0.583. The summed E-state index contributed by atoms with van der Waals surface area (Å²) in [5, 5.41) is 3.29. The van der Waals surface area contributed by atoms with Crippen LogP contribution in [0.5, 0.6) is 0 Å². The number of likely N-dealkylation sites (N-methyl/N-ethyl adjacent to an activating group) is 1. The second-order valence-corrected chi connectivity index (χ2v) is 5.00. The van der Waals surface area contributed by atoms with Crippen LogP contribution in [0.25, 0.3) is 0 Å². The lowest BCUT2D eigenvalue weighted by Crippen LogP contribution is -2.58. The van der Waals surface area contributed by atoms with Crippen LogP contribution in [0.15, 0.2) is 12.3 Å². The summed E-state index contributed by atoms with van der Waals surface area (Å²) in [6, 6.07) is 1.47. The third-order valence-corrected chi connectivity index (χ3v) is 3.69. The molecule has 19 heavy (non-hydrogen) atoms. The molecule has 0 amide bonds. The van der Waals surface area contributed by atoms with Crippen LogP contribution in [0.1, 0.15) is 5.56 Å². The minimum Gasteiger partial charge on any atom is -0.369 e. The molecule has 4 nitrogen and oxygen atoms in total. The molecule has 0 bridgehead atoms. The fourth-order valence-electron chi connectivity index (χ4n) is 2.72. The molecule has 1 aromatic heterocycles. The Balaban J connectivity index is 2.02. The fourth-order valence-corrected chi connectivity index (χ4v) is 2.72. The topological polar surface area (TPSA) is 31.4 Å². The summed E-state index contributed by atoms with van der Waals surface area (Å²) in [5.74, 6) is 0.660. The molecule has 0 aromatic carbocycles. The van der Waals surface area contributed by atoms with E-state index in [1.165, 1.54) is 6.07 Å². The van der Waals surface area contributed by atoms with Gasteiger partial charge in [-0.1, -0.05) is 0 Å². The molecule has 0 radical (unpaired) electrons. The van der Waals surface area contributed by atoms with E-state index in [9.17, 15) is 13.2 Å². The largest absolute Gasteiger partial charge is 0.417 e. The van der Waals surface area contributed by atoms with E-state index in [-0.39, 0.29) is 6.04 Å². The van der Waals surface area contributed by atoms with E-state index in [1.54, 1.807) is 0 Å². The Morgan fingerprint density at radius 3 is 2.95 bits per heavy atom. The van der Waals surface area contributed by atoms with Crippen LogP contribution in [0.3, 0.4) is 0 Å². The van der Waals surface area contributed by atoms with Crippen LogP contribution in [-0.2, 0) is 6.18 Å². The maximum atomic E-state index is 12.7. The molecule has 1 N–H and O–H groups in total. The zero-order valence-corrected chi connectivity index (χ0v) is 10.5. The SMILES string of the molecule is CN1C[C@H]2CNCCN2c2ncc(C(F)(F)F)cc21. The number of hydrogen-bond donors (Lipinski definition) is 1. The van der Waals surface area contributed by atoms with E-state index >= 15 is 0 Å². The lowest BCUT2D eigenvalue weighted by atomic mass is 10.1. The average Bonchev–Trinajstić information content (AvgIpc) is 2.37. The Morgan fingerprint density at radius 2 is 2.21 bits per heavy atom. The van der Waals surface area contributed by atoms with Crippen LogP contribution in [0, 0.1) is 0 Å². The van der Waals surface area contributed by atoms with Crippen LogP contribution in [0.2, 0.25) is 0 Å². The highest BCUT2D eigenvalue weighted by Crippen LogP contribution is 2.38. The molecule has 1 saturated heterocycles. The van der Waals surface area contributed by atoms with E-state index < -0.39 is 11.7 Å². The number of nitrogens with zero attached hydrogens (tertiary/aromatic N) is 3. The second-order valence-electron chi connectivity index (χ2n) is 5.00. The van der Waals surface area contributed by atoms with Gasteiger partial charge in [0.15, 0.2) is 5.82 Å². The lowest BCUT2D eigenvalue weighted by Gasteiger charge is -2.45. The summed E-state index contributed by atoms with van der Waals surface area (Å²) in [6.07, 6.45) is -3.42. The van der Waals surface area contributed by atoms with Crippen molar-refractivity contribution in [2.24, 2.45) is 0 Å². The third-order valence-electron chi connectivity index (χ3n) is 3.69. The average molecular weight is 272 g/mol. The van der Waals surface area contributed by atoms with Crippen LogP contribution >= 0.6 is 0 Å². The molecule has 0 saturated carbocycles. The number of halogens is 3. The Bertz CT molecular complexity index is 488. The number of nitrogens with one attached hydrogen (secondary N) is 1. The van der Waals surface area contributed by atoms with Crippen molar-refractivity contribution in [2.45, 2.75) is 12.2 Å². The van der Waals surface area contributed by atoms with Gasteiger partial charge >= 0.3 is 6.18 Å². The van der Waals surface area contributed by atoms with Gasteiger partial charge in [-0.25, -0.2) is 4.98 Å². The van der Waals surface area contributed by atoms with E-state index in [2.05, 4.69) is 15.2 Å². The Kier molecular flexibility index (Phi) is 2.81. The minimum absolute atomic E-state index is 0.274. The predicted molar refractivity (Wildman–Crippen MR) is 66.5 cm³/mol. The molecule has 0 spiro atoms. The van der Waals surface area contributed by atoms with Crippen LogP contribution in [0.4, 0.5) is 24.7 Å². The van der Waals surface area contributed by atoms with Gasteiger partial charge in [0.25, 0.3) is 0 Å². The van der Waals surface area contributed by atoms with Crippen molar-refractivity contribution in [3.63, 3.8) is 0 Å². The van der Waals surface area contributed by atoms with Gasteiger partial charge in [0.2, 0.25) is 0 Å². The normalized spacial score (nSPS) is 23.1. The molecule has 7 heteroatoms. The van der Waals surface area contributed by atoms with Gasteiger partial charge in [-0.05, 0) is 6.07 Å². The Morgan fingerprint density at radius 1 is 1.42 bits per heavy atom. The maximum absolute atomic E-state index is 12.7. The molecule has 1 atom stereocenters. The van der Waals surface area contributed by atoms with E-state index in [0.717, 1.165) is 25.8 Å². The zero-order chi connectivity index (χ0) is 13.6. The van der Waals surface area contributed by atoms with Gasteiger partial charge in [0.1, 0.15) is 0 Å². The second kappa shape index (κ2) is 4.26. The van der Waals surface area contributed by atoms with Crippen molar-refractivity contribution < 1.29 is 13.2 Å². The van der Waals surface area contributed by atoms with Gasteiger partial charge in [0, 0.05) is 39.4 Å². The third kappa shape index (κ3) is 2.11. The minimum atomic E-state index is -4.34. The van der Waals surface area contributed by atoms with E-state index in [0.29, 0.717) is 18.1 Å². The first kappa shape index (κ1) is 12.5. The number of aromatic nitrogens is 1. The summed E-state index contributed by atoms with van der Waals surface area (Å²) in [7, 11) is 1.81. The van der Waals surface area contributed by atoms with E-state index in [4.69, 9.17) is 0 Å². The molecule has 2 aliphatic heterocycles. The summed E-state index contributed by atoms with van der Waals surface area (Å²) < 4.78 is 38.2. The molecule has 1 fully saturated rings. The number of piperazine rings is 1. The quantitative estimate of drug-likeness (QED) is 0.772. The highest BCUT2D eigenvalue weighted by Gasteiger charge is 2.36. The molecule has 3 rings (SSSR count). The standard InChI is InChI=1S/C12H15F3N4/c1-18-7-9-6-16-2-3-19(9)11-10(18)4-8(5-17-11)12(13,14)15/h4-5,9,16H,2-3,6-7H2,1H3/t9-/m1/s1. The number of hydrogen-bond acceptors (Lipinski definition) is 4. The number of rotatable bonds is 0. The van der Waals surface area contributed by atoms with Crippen molar-refractivity contribution >= 4 is 11.5 Å². The number of pyridine rings is 1. The first-order valence-electron chi connectivity index (χ1n) is 6.22. The number of fused-ring (bicyclic) bond motifs is 3. The van der Waals surface area contributed by atoms with Crippen molar-refractivity contribution in [3.05, 3.63) is 17.8 Å². The number of alkyl halides is 3. The summed E-state index contributed by atoms with van der Waals surface area (Å²) in [5.41, 5.74) is -0.125. The molecular weight excluding hydrogens is 257 g/mol. The maximum Gasteiger partial charge on any atom is 0.417 e. The monoisotopic (exact) mass is 272 g/mol. The van der Waals surface area contributed by atoms with Crippen molar-refractivity contribution in [1.29, 1.82) is 0 Å². The van der Waals surface area contributed by atoms with Crippen LogP contribution in [-0.4, -0.2) is 44.3 Å². The van der Waals surface area contributed by atoms with Crippen molar-refractivity contribution in [2.75, 3.05) is 43.0 Å². The molecular formula is C12H15F3N4. The molecule has 1 aromatic rings. The smallest absolute Gasteiger partial charge is 0.369 e. The van der Waals surface area contributed by atoms with Crippen molar-refractivity contribution in [1.82, 2.24) is 10.3 Å². The molecule has 3 heterocycles. The first-order chi connectivity index (χ1) is 8.97. The highest BCUT2D eigenvalue weighted by molar-refractivity contribution is 5.71. The lowest BCUT2D eigenvalue weighted by molar-refractivity contribution is -0.137. The predicted octanol–water partition coefficient (Wildman–Crippen LogP) is 1.33. The van der Waals surface area contributed by atoms with Gasteiger partial charge in [-0.15, -0.1) is 0 Å². The number of anilines is 2. The molecule has 2 aliphatic rings. The van der Waals surface area contributed by atoms with Gasteiger partial charge in [0.05, 0.1) is 17.3 Å². The van der Waals surface area contributed by atoms with Gasteiger partial charge in [-0.3, -0.25) is 0 Å². The first-order valence-corrected chi connectivity index (χ1v) is 6.22.